The lowest BCUT2D eigenvalue weighted by Crippen LogP contribution is -2.64. The molecule has 8 nitrogen and oxygen atoms in total. The van der Waals surface area contributed by atoms with E-state index in [4.69, 9.17) is 9.47 Å². The number of nitrogens with one attached hydrogen (secondary N) is 1. The number of alkyl carbamates (subject to hydrolysis) is 1. The van der Waals surface area contributed by atoms with E-state index in [0.29, 0.717) is 12.8 Å². The molecule has 5 rings (SSSR count). The third-order valence-electron chi connectivity index (χ3n) is 7.44. The molecule has 1 saturated heterocycles. The van der Waals surface area contributed by atoms with Crippen molar-refractivity contribution in [2.24, 2.45) is 0 Å². The van der Waals surface area contributed by atoms with Crippen molar-refractivity contribution in [1.82, 2.24) is 10.2 Å². The second kappa shape index (κ2) is 8.76. The van der Waals surface area contributed by atoms with Gasteiger partial charge in [-0.3, -0.25) is 4.79 Å². The number of ether oxygens (including phenoxy) is 2. The van der Waals surface area contributed by atoms with Crippen LogP contribution in [0.1, 0.15) is 42.7 Å². The molecule has 0 aromatic heterocycles. The second-order valence-corrected chi connectivity index (χ2v) is 9.29. The summed E-state index contributed by atoms with van der Waals surface area (Å²) in [6.45, 7) is 0.345. The normalized spacial score (nSPS) is 22.4. The number of hydrogen-bond donors (Lipinski definition) is 2. The number of benzene rings is 2. The third-order valence-corrected chi connectivity index (χ3v) is 7.44. The van der Waals surface area contributed by atoms with Crippen molar-refractivity contribution in [3.8, 4) is 11.1 Å². The standard InChI is InChI=1S/C26H28N2O6/c1-33-16-13-22(23(29)30)28(14-16)24(31)26(11-6-12-26)27-25(32)34-15-21-19-9-4-2-7-17(19)18-8-3-5-10-20(18)21/h2-5,7-10,16,21-22H,6,11-15H2,1H3,(H,27,32)(H,29,30). The number of fused-ring (bicyclic) bond motifs is 3. The molecule has 3 aliphatic rings. The van der Waals surface area contributed by atoms with Crippen LogP contribution in [0.4, 0.5) is 4.79 Å². The van der Waals surface area contributed by atoms with E-state index in [1.54, 1.807) is 0 Å². The molecular formula is C26H28N2O6. The molecule has 1 aliphatic heterocycles. The molecule has 0 spiro atoms. The summed E-state index contributed by atoms with van der Waals surface area (Å²) in [4.78, 5) is 39.3. The smallest absolute Gasteiger partial charge is 0.408 e. The number of methoxy groups -OCH3 is 1. The highest BCUT2D eigenvalue weighted by molar-refractivity contribution is 5.94. The van der Waals surface area contributed by atoms with Crippen molar-refractivity contribution in [3.05, 3.63) is 59.7 Å². The summed E-state index contributed by atoms with van der Waals surface area (Å²) in [5.41, 5.74) is 3.37. The van der Waals surface area contributed by atoms with E-state index >= 15 is 0 Å². The van der Waals surface area contributed by atoms with Crippen molar-refractivity contribution in [2.45, 2.75) is 49.3 Å². The van der Waals surface area contributed by atoms with Gasteiger partial charge in [-0.25, -0.2) is 9.59 Å². The fourth-order valence-corrected chi connectivity index (χ4v) is 5.45. The summed E-state index contributed by atoms with van der Waals surface area (Å²) in [7, 11) is 1.51. The summed E-state index contributed by atoms with van der Waals surface area (Å²) < 4.78 is 10.9. The maximum absolute atomic E-state index is 13.4. The molecule has 1 heterocycles. The molecule has 2 aliphatic carbocycles. The Kier molecular flexibility index (Phi) is 5.77. The van der Waals surface area contributed by atoms with Gasteiger partial charge in [-0.05, 0) is 41.5 Å². The Bertz CT molecular complexity index is 1080. The Morgan fingerprint density at radius 1 is 1.06 bits per heavy atom. The van der Waals surface area contributed by atoms with E-state index in [2.05, 4.69) is 17.4 Å². The maximum atomic E-state index is 13.4. The van der Waals surface area contributed by atoms with Crippen LogP contribution in [0.2, 0.25) is 0 Å². The average Bonchev–Trinajstić information content (AvgIpc) is 3.39. The van der Waals surface area contributed by atoms with Gasteiger partial charge in [0, 0.05) is 26.0 Å². The first kappa shape index (κ1) is 22.4. The second-order valence-electron chi connectivity index (χ2n) is 9.29. The fourth-order valence-electron chi connectivity index (χ4n) is 5.45. The van der Waals surface area contributed by atoms with E-state index in [0.717, 1.165) is 28.7 Å². The quantitative estimate of drug-likeness (QED) is 0.681. The molecule has 2 N–H and O–H groups in total. The number of carboxylic acids is 1. The summed E-state index contributed by atoms with van der Waals surface area (Å²) >= 11 is 0. The van der Waals surface area contributed by atoms with Gasteiger partial charge in [0.25, 0.3) is 0 Å². The van der Waals surface area contributed by atoms with Gasteiger partial charge < -0.3 is 24.8 Å². The predicted molar refractivity (Wildman–Crippen MR) is 123 cm³/mol. The van der Waals surface area contributed by atoms with Crippen LogP contribution in [-0.4, -0.2) is 65.9 Å². The minimum absolute atomic E-state index is 0.0800. The van der Waals surface area contributed by atoms with Crippen LogP contribution in [0.5, 0.6) is 0 Å². The lowest BCUT2D eigenvalue weighted by molar-refractivity contribution is -0.153. The van der Waals surface area contributed by atoms with Crippen molar-refractivity contribution in [2.75, 3.05) is 20.3 Å². The Hall–Kier alpha value is -3.39. The highest BCUT2D eigenvalue weighted by atomic mass is 16.5. The maximum Gasteiger partial charge on any atom is 0.408 e. The van der Waals surface area contributed by atoms with Crippen molar-refractivity contribution in [1.29, 1.82) is 0 Å². The van der Waals surface area contributed by atoms with Gasteiger partial charge in [0.15, 0.2) is 0 Å². The van der Waals surface area contributed by atoms with E-state index in [9.17, 15) is 19.5 Å². The van der Waals surface area contributed by atoms with Gasteiger partial charge in [-0.1, -0.05) is 48.5 Å². The topological polar surface area (TPSA) is 105 Å². The number of amides is 2. The number of carbonyl (C=O) groups is 3. The highest BCUT2D eigenvalue weighted by Gasteiger charge is 2.52. The monoisotopic (exact) mass is 464 g/mol. The highest BCUT2D eigenvalue weighted by Crippen LogP contribution is 2.44. The van der Waals surface area contributed by atoms with Crippen LogP contribution < -0.4 is 5.32 Å². The molecule has 8 heteroatoms. The van der Waals surface area contributed by atoms with E-state index in [1.807, 2.05) is 36.4 Å². The van der Waals surface area contributed by atoms with Gasteiger partial charge in [-0.15, -0.1) is 0 Å². The molecule has 1 saturated carbocycles. The molecule has 2 aromatic rings. The van der Waals surface area contributed by atoms with E-state index in [1.165, 1.54) is 12.0 Å². The number of aliphatic carboxylic acids is 1. The molecule has 2 amide bonds. The first-order valence-electron chi connectivity index (χ1n) is 11.6. The molecule has 2 atom stereocenters. The Labute approximate surface area is 197 Å². The van der Waals surface area contributed by atoms with Gasteiger partial charge in [0.05, 0.1) is 6.10 Å². The number of nitrogens with zero attached hydrogens (tertiary/aromatic N) is 1. The van der Waals surface area contributed by atoms with Crippen molar-refractivity contribution >= 4 is 18.0 Å². The van der Waals surface area contributed by atoms with Crippen LogP contribution >= 0.6 is 0 Å². The first-order valence-corrected chi connectivity index (χ1v) is 11.6. The van der Waals surface area contributed by atoms with Crippen LogP contribution in [0.25, 0.3) is 11.1 Å². The van der Waals surface area contributed by atoms with Crippen LogP contribution in [-0.2, 0) is 19.1 Å². The zero-order valence-electron chi connectivity index (χ0n) is 19.0. The number of rotatable bonds is 6. The first-order chi connectivity index (χ1) is 16.4. The molecule has 2 aromatic carbocycles. The molecule has 2 fully saturated rings. The van der Waals surface area contributed by atoms with Crippen LogP contribution in [0.15, 0.2) is 48.5 Å². The number of hydrogen-bond acceptors (Lipinski definition) is 5. The van der Waals surface area contributed by atoms with Gasteiger partial charge in [0.2, 0.25) is 5.91 Å². The number of likely N-dealkylation sites (tertiary alicyclic amines) is 1. The largest absolute Gasteiger partial charge is 0.480 e. The molecule has 0 bridgehead atoms. The van der Waals surface area contributed by atoms with Crippen LogP contribution in [0.3, 0.4) is 0 Å². The summed E-state index contributed by atoms with van der Waals surface area (Å²) in [5, 5.41) is 12.4. The zero-order chi connectivity index (χ0) is 23.9. The minimum atomic E-state index is -1.13. The number of carbonyl (C=O) groups excluding carboxylic acids is 2. The summed E-state index contributed by atoms with van der Waals surface area (Å²) in [6, 6.07) is 15.2. The van der Waals surface area contributed by atoms with Gasteiger partial charge >= 0.3 is 12.1 Å². The Morgan fingerprint density at radius 2 is 1.68 bits per heavy atom. The Morgan fingerprint density at radius 3 is 2.21 bits per heavy atom. The van der Waals surface area contributed by atoms with Crippen molar-refractivity contribution in [3.63, 3.8) is 0 Å². The minimum Gasteiger partial charge on any atom is -0.480 e. The third kappa shape index (κ3) is 3.72. The fraction of sp³-hybridized carbons (Fsp3) is 0.423. The van der Waals surface area contributed by atoms with E-state index < -0.39 is 23.6 Å². The lowest BCUT2D eigenvalue weighted by atomic mass is 9.75. The lowest BCUT2D eigenvalue weighted by Gasteiger charge is -2.43. The molecular weight excluding hydrogens is 436 g/mol. The van der Waals surface area contributed by atoms with Crippen LogP contribution in [0, 0.1) is 0 Å². The molecule has 2 unspecified atom stereocenters. The molecule has 178 valence electrons. The van der Waals surface area contributed by atoms with Gasteiger partial charge in [-0.2, -0.15) is 0 Å². The average molecular weight is 465 g/mol. The predicted octanol–water partition coefficient (Wildman–Crippen LogP) is 3.15. The SMILES string of the molecule is COC1CC(C(=O)O)N(C(=O)C2(NC(=O)OCC3c4ccccc4-c4ccccc43)CCC2)C1. The van der Waals surface area contributed by atoms with Crippen molar-refractivity contribution < 1.29 is 29.0 Å². The molecule has 0 radical (unpaired) electrons. The van der Waals surface area contributed by atoms with E-state index in [-0.39, 0.29) is 37.5 Å². The number of carboxylic acid groups (broad SMARTS) is 1. The Balaban J connectivity index is 1.28. The molecule has 34 heavy (non-hydrogen) atoms. The zero-order valence-corrected chi connectivity index (χ0v) is 19.0. The summed E-state index contributed by atoms with van der Waals surface area (Å²) in [5.74, 6) is -1.52. The van der Waals surface area contributed by atoms with Gasteiger partial charge in [0.1, 0.15) is 18.2 Å². The summed E-state index contributed by atoms with van der Waals surface area (Å²) in [6.07, 6.45) is 0.918.